The lowest BCUT2D eigenvalue weighted by atomic mass is 9.97. The van der Waals surface area contributed by atoms with Crippen LogP contribution in [-0.2, 0) is 19.8 Å². The van der Waals surface area contributed by atoms with Gasteiger partial charge < -0.3 is 8.98 Å². The minimum Gasteiger partial charge on any atom is -0.435 e. The first kappa shape index (κ1) is 25.2. The lowest BCUT2D eigenvalue weighted by Gasteiger charge is -2.26. The number of aryl methyl sites for hydroxylation is 1. The van der Waals surface area contributed by atoms with E-state index >= 15 is 0 Å². The number of nitrogens with zero attached hydrogens (tertiary/aromatic N) is 5. The Labute approximate surface area is 221 Å². The highest BCUT2D eigenvalue weighted by Crippen LogP contribution is 2.39. The van der Waals surface area contributed by atoms with Crippen molar-refractivity contribution in [2.45, 2.75) is 32.0 Å². The van der Waals surface area contributed by atoms with E-state index in [9.17, 15) is 17.6 Å². The van der Waals surface area contributed by atoms with E-state index in [0.717, 1.165) is 32.4 Å². The normalized spacial score (nSPS) is 14.8. The number of rotatable bonds is 5. The van der Waals surface area contributed by atoms with E-state index in [4.69, 9.17) is 4.42 Å². The highest BCUT2D eigenvalue weighted by molar-refractivity contribution is 5.84. The Balaban J connectivity index is 1.42. The maximum atomic E-state index is 14.2. The molecule has 0 spiro atoms. The zero-order chi connectivity index (χ0) is 27.1. The van der Waals surface area contributed by atoms with Gasteiger partial charge in [-0.3, -0.25) is 4.90 Å². The summed E-state index contributed by atoms with van der Waals surface area (Å²) in [6.07, 6.45) is 0.175. The summed E-state index contributed by atoms with van der Waals surface area (Å²) in [5, 5.41) is 8.01. The molecule has 6 rings (SSSR count). The zero-order valence-electron chi connectivity index (χ0n) is 21.2. The first-order valence-electron chi connectivity index (χ1n) is 12.7. The number of aromatic nitrogens is 4. The third-order valence-corrected chi connectivity index (χ3v) is 7.06. The zero-order valence-corrected chi connectivity index (χ0v) is 21.2. The SMILES string of the molecule is Cn1cnnc1-c1cc(F)ccc1-c1cccc(-c2nc3cc(CN4CCCCC4)cc(C(F)(F)F)c3o2)c1. The molecule has 5 aromatic rings. The Bertz CT molecular complexity index is 1650. The summed E-state index contributed by atoms with van der Waals surface area (Å²) in [6.45, 7) is 2.18. The molecule has 0 bridgehead atoms. The Morgan fingerprint density at radius 2 is 1.72 bits per heavy atom. The molecule has 0 N–H and O–H groups in total. The number of halogens is 4. The first-order valence-corrected chi connectivity index (χ1v) is 12.7. The van der Waals surface area contributed by atoms with Crippen molar-refractivity contribution in [2.75, 3.05) is 13.1 Å². The average Bonchev–Trinajstić information content (AvgIpc) is 3.54. The molecule has 2 aromatic heterocycles. The quantitative estimate of drug-likeness (QED) is 0.225. The molecule has 0 atom stereocenters. The van der Waals surface area contributed by atoms with Crippen LogP contribution in [0, 0.1) is 5.82 Å². The lowest BCUT2D eigenvalue weighted by molar-refractivity contribution is -0.136. The van der Waals surface area contributed by atoms with Gasteiger partial charge in [-0.25, -0.2) is 9.37 Å². The van der Waals surface area contributed by atoms with E-state index in [1.54, 1.807) is 41.9 Å². The Kier molecular flexibility index (Phi) is 6.42. The minimum absolute atomic E-state index is 0.0785. The van der Waals surface area contributed by atoms with Crippen LogP contribution < -0.4 is 0 Å². The number of alkyl halides is 3. The smallest absolute Gasteiger partial charge is 0.420 e. The number of likely N-dealkylation sites (tertiary alicyclic amines) is 1. The molecule has 0 saturated carbocycles. The molecular weight excluding hydrogens is 510 g/mol. The van der Waals surface area contributed by atoms with E-state index in [1.165, 1.54) is 24.5 Å². The molecule has 39 heavy (non-hydrogen) atoms. The van der Waals surface area contributed by atoms with Crippen molar-refractivity contribution in [2.24, 2.45) is 7.05 Å². The molecule has 0 radical (unpaired) electrons. The molecule has 0 aliphatic carbocycles. The topological polar surface area (TPSA) is 60.0 Å². The van der Waals surface area contributed by atoms with Crippen molar-refractivity contribution < 1.29 is 22.0 Å². The summed E-state index contributed by atoms with van der Waals surface area (Å²) in [6, 6.07) is 14.3. The van der Waals surface area contributed by atoms with Gasteiger partial charge in [-0.1, -0.05) is 24.6 Å². The van der Waals surface area contributed by atoms with Gasteiger partial charge in [0.2, 0.25) is 5.89 Å². The molecule has 1 aliphatic heterocycles. The number of fused-ring (bicyclic) bond motifs is 1. The monoisotopic (exact) mass is 535 g/mol. The van der Waals surface area contributed by atoms with Gasteiger partial charge in [-0.2, -0.15) is 13.2 Å². The molecule has 1 fully saturated rings. The number of piperidine rings is 1. The number of oxazole rings is 1. The van der Waals surface area contributed by atoms with Crippen molar-refractivity contribution >= 4 is 11.1 Å². The first-order chi connectivity index (χ1) is 18.8. The van der Waals surface area contributed by atoms with Gasteiger partial charge in [-0.15, -0.1) is 10.2 Å². The second kappa shape index (κ2) is 9.92. The third-order valence-electron chi connectivity index (χ3n) is 7.06. The van der Waals surface area contributed by atoms with Gasteiger partial charge in [0.25, 0.3) is 0 Å². The molecule has 10 heteroatoms. The van der Waals surface area contributed by atoms with Crippen molar-refractivity contribution in [1.82, 2.24) is 24.6 Å². The molecule has 1 aliphatic rings. The van der Waals surface area contributed by atoms with Crippen LogP contribution in [0.5, 0.6) is 0 Å². The average molecular weight is 536 g/mol. The predicted molar refractivity (Wildman–Crippen MR) is 139 cm³/mol. The van der Waals surface area contributed by atoms with Gasteiger partial charge in [0.15, 0.2) is 11.4 Å². The summed E-state index contributed by atoms with van der Waals surface area (Å²) >= 11 is 0. The maximum Gasteiger partial charge on any atom is 0.420 e. The van der Waals surface area contributed by atoms with Crippen LogP contribution in [0.2, 0.25) is 0 Å². The van der Waals surface area contributed by atoms with Crippen molar-refractivity contribution in [3.8, 4) is 34.0 Å². The Hall–Kier alpha value is -4.05. The highest BCUT2D eigenvalue weighted by Gasteiger charge is 2.35. The lowest BCUT2D eigenvalue weighted by Crippen LogP contribution is -2.29. The van der Waals surface area contributed by atoms with E-state index in [-0.39, 0.29) is 17.0 Å². The molecule has 3 aromatic carbocycles. The summed E-state index contributed by atoms with van der Waals surface area (Å²) < 4.78 is 63.8. The van der Waals surface area contributed by atoms with Crippen molar-refractivity contribution in [3.63, 3.8) is 0 Å². The molecule has 1 saturated heterocycles. The van der Waals surface area contributed by atoms with E-state index in [2.05, 4.69) is 20.1 Å². The number of hydrogen-bond acceptors (Lipinski definition) is 5. The van der Waals surface area contributed by atoms with Crippen LogP contribution in [0.3, 0.4) is 0 Å². The molecule has 200 valence electrons. The molecule has 0 unspecified atom stereocenters. The second-order valence-corrected chi connectivity index (χ2v) is 9.88. The van der Waals surface area contributed by atoms with Crippen LogP contribution in [0.4, 0.5) is 17.6 Å². The number of hydrogen-bond donors (Lipinski definition) is 0. The fraction of sp³-hybridized carbons (Fsp3) is 0.276. The Morgan fingerprint density at radius 3 is 2.46 bits per heavy atom. The van der Waals surface area contributed by atoms with Crippen LogP contribution >= 0.6 is 0 Å². The van der Waals surface area contributed by atoms with Crippen LogP contribution in [0.15, 0.2) is 65.3 Å². The summed E-state index contributed by atoms with van der Waals surface area (Å²) in [7, 11) is 1.76. The minimum atomic E-state index is -4.59. The largest absolute Gasteiger partial charge is 0.435 e. The van der Waals surface area contributed by atoms with Crippen molar-refractivity contribution in [1.29, 1.82) is 0 Å². The molecule has 6 nitrogen and oxygen atoms in total. The molecular formula is C29H25F4N5O. The van der Waals surface area contributed by atoms with E-state index in [0.29, 0.717) is 40.2 Å². The fourth-order valence-corrected chi connectivity index (χ4v) is 5.19. The van der Waals surface area contributed by atoms with Crippen LogP contribution in [0.25, 0.3) is 45.1 Å². The third kappa shape index (κ3) is 5.04. The van der Waals surface area contributed by atoms with Gasteiger partial charge in [-0.05, 0) is 79.0 Å². The second-order valence-electron chi connectivity index (χ2n) is 9.88. The van der Waals surface area contributed by atoms with E-state index in [1.807, 2.05) is 6.07 Å². The van der Waals surface area contributed by atoms with Gasteiger partial charge in [0.1, 0.15) is 23.2 Å². The molecule has 0 amide bonds. The highest BCUT2D eigenvalue weighted by atomic mass is 19.4. The number of benzene rings is 3. The Morgan fingerprint density at radius 1 is 0.923 bits per heavy atom. The predicted octanol–water partition coefficient (Wildman–Crippen LogP) is 7.10. The van der Waals surface area contributed by atoms with Crippen molar-refractivity contribution in [3.05, 3.63) is 77.9 Å². The summed E-state index contributed by atoms with van der Waals surface area (Å²) in [5.41, 5.74) is 2.04. The summed E-state index contributed by atoms with van der Waals surface area (Å²) in [4.78, 5) is 6.65. The van der Waals surface area contributed by atoms with Crippen LogP contribution in [0.1, 0.15) is 30.4 Å². The van der Waals surface area contributed by atoms with Crippen LogP contribution in [-0.4, -0.2) is 37.7 Å². The summed E-state index contributed by atoms with van der Waals surface area (Å²) in [5.74, 6) is 0.134. The fourth-order valence-electron chi connectivity index (χ4n) is 5.19. The standard InChI is InChI=1S/C29H25F4N5O/c1-37-17-34-36-27(37)23-15-21(30)8-9-22(23)19-6-5-7-20(14-19)28-35-25-13-18(16-38-10-3-2-4-11-38)12-24(26(25)39-28)29(31,32)33/h5-9,12-15,17H,2-4,10-11,16H2,1H3. The van der Waals surface area contributed by atoms with Gasteiger partial charge in [0.05, 0.1) is 0 Å². The molecule has 3 heterocycles. The van der Waals surface area contributed by atoms with Gasteiger partial charge in [0, 0.05) is 24.7 Å². The van der Waals surface area contributed by atoms with Gasteiger partial charge >= 0.3 is 6.18 Å². The maximum absolute atomic E-state index is 14.2. The van der Waals surface area contributed by atoms with E-state index < -0.39 is 17.6 Å².